The molecule has 240 valence electrons. The van der Waals surface area contributed by atoms with Crippen LogP contribution in [-0.4, -0.2) is 66.6 Å². The molecule has 0 amide bonds. The molecule has 2 N–H and O–H groups in total. The lowest BCUT2D eigenvalue weighted by molar-refractivity contribution is -0.277. The lowest BCUT2D eigenvalue weighted by Gasteiger charge is -2.40. The Labute approximate surface area is 252 Å². The lowest BCUT2D eigenvalue weighted by atomic mass is 9.94. The first-order valence-corrected chi connectivity index (χ1v) is 14.9. The van der Waals surface area contributed by atoms with Gasteiger partial charge in [0.05, 0.1) is 6.61 Å². The highest BCUT2D eigenvalue weighted by Gasteiger charge is 2.50. The number of ether oxygens (including phenoxy) is 6. The summed E-state index contributed by atoms with van der Waals surface area (Å²) in [6.45, 7) is 8.45. The van der Waals surface area contributed by atoms with Gasteiger partial charge in [-0.25, -0.2) is 4.79 Å². The minimum atomic E-state index is -1.55. The van der Waals surface area contributed by atoms with Gasteiger partial charge in [0.25, 0.3) is 0 Å². The van der Waals surface area contributed by atoms with Crippen LogP contribution < -0.4 is 10.5 Å². The van der Waals surface area contributed by atoms with E-state index in [-0.39, 0.29) is 38.3 Å². The summed E-state index contributed by atoms with van der Waals surface area (Å²) in [6, 6.07) is 6.57. The fourth-order valence-electron chi connectivity index (χ4n) is 4.27. The summed E-state index contributed by atoms with van der Waals surface area (Å²) in [5.74, 6) is -2.61. The highest BCUT2D eigenvalue weighted by atomic mass is 16.7. The molecule has 12 heteroatoms. The summed E-state index contributed by atoms with van der Waals surface area (Å²) in [4.78, 5) is 62.5. The Morgan fingerprint density at radius 2 is 1.23 bits per heavy atom. The van der Waals surface area contributed by atoms with E-state index in [1.165, 1.54) is 6.92 Å². The Morgan fingerprint density at radius 3 is 1.77 bits per heavy atom. The molecule has 1 saturated heterocycles. The van der Waals surface area contributed by atoms with Gasteiger partial charge in [-0.3, -0.25) is 19.2 Å². The van der Waals surface area contributed by atoms with E-state index in [0.717, 1.165) is 0 Å². The van der Waals surface area contributed by atoms with Crippen molar-refractivity contribution in [2.24, 2.45) is 5.73 Å². The maximum absolute atomic E-state index is 13.3. The van der Waals surface area contributed by atoms with Gasteiger partial charge in [-0.2, -0.15) is 0 Å². The van der Waals surface area contributed by atoms with Crippen LogP contribution in [0.15, 0.2) is 24.3 Å². The molecule has 0 aromatic heterocycles. The molecule has 1 aromatic rings. The standard InChI is InChI=1S/C31H45NO11/c1-6-10-23(33)39-21-16-14-20(15-17-21)18-31(5,32)30(37)43-29-28(42-26(36)13-9-4)27(41-25(35)12-8-3)22(19-38-29)40-24(34)11-7-2/h14-17,22,27-29H,6-13,18-19,32H2,1-5H3/t22?,27-,28+,29-,31-/m0/s1. The topological polar surface area (TPSA) is 167 Å². The van der Waals surface area contributed by atoms with E-state index in [9.17, 15) is 24.0 Å². The number of hydrogen-bond acceptors (Lipinski definition) is 12. The molecule has 1 aliphatic rings. The molecule has 1 aliphatic heterocycles. The molecule has 0 spiro atoms. The predicted molar refractivity (Wildman–Crippen MR) is 153 cm³/mol. The fraction of sp³-hybridized carbons (Fsp3) is 0.645. The number of carbonyl (C=O) groups excluding carboxylic acids is 5. The van der Waals surface area contributed by atoms with E-state index in [4.69, 9.17) is 34.2 Å². The Bertz CT molecular complexity index is 1090. The summed E-state index contributed by atoms with van der Waals surface area (Å²) in [7, 11) is 0. The number of carbonyl (C=O) groups is 5. The normalized spacial score (nSPS) is 21.2. The second-order valence-electron chi connectivity index (χ2n) is 10.8. The van der Waals surface area contributed by atoms with Crippen molar-refractivity contribution in [1.82, 2.24) is 0 Å². The van der Waals surface area contributed by atoms with Gasteiger partial charge in [0.1, 0.15) is 11.3 Å². The third-order valence-corrected chi connectivity index (χ3v) is 6.43. The summed E-state index contributed by atoms with van der Waals surface area (Å²) in [6.07, 6.45) is -2.51. The smallest absolute Gasteiger partial charge is 0.328 e. The first-order valence-electron chi connectivity index (χ1n) is 14.9. The average Bonchev–Trinajstić information content (AvgIpc) is 2.93. The van der Waals surface area contributed by atoms with E-state index in [0.29, 0.717) is 43.4 Å². The van der Waals surface area contributed by atoms with Crippen LogP contribution in [0.25, 0.3) is 0 Å². The van der Waals surface area contributed by atoms with Crippen LogP contribution in [0.1, 0.15) is 91.5 Å². The molecule has 1 fully saturated rings. The van der Waals surface area contributed by atoms with Crippen molar-refractivity contribution < 1.29 is 52.4 Å². The second kappa shape index (κ2) is 17.6. The maximum atomic E-state index is 13.3. The Morgan fingerprint density at radius 1 is 0.744 bits per heavy atom. The third-order valence-electron chi connectivity index (χ3n) is 6.43. The lowest BCUT2D eigenvalue weighted by Crippen LogP contribution is -2.60. The predicted octanol–water partition coefficient (Wildman–Crippen LogP) is 3.69. The quantitative estimate of drug-likeness (QED) is 0.165. The van der Waals surface area contributed by atoms with E-state index in [1.807, 2.05) is 13.8 Å². The number of hydrogen-bond donors (Lipinski definition) is 1. The molecule has 1 heterocycles. The van der Waals surface area contributed by atoms with Gasteiger partial charge >= 0.3 is 29.8 Å². The van der Waals surface area contributed by atoms with Crippen LogP contribution in [0.2, 0.25) is 0 Å². The minimum absolute atomic E-state index is 0.0471. The Balaban J connectivity index is 2.25. The molecule has 0 bridgehead atoms. The third kappa shape index (κ3) is 11.6. The average molecular weight is 608 g/mol. The molecule has 0 saturated carbocycles. The molecule has 1 aromatic carbocycles. The molecule has 5 atom stereocenters. The molecule has 1 unspecified atom stereocenters. The van der Waals surface area contributed by atoms with E-state index in [2.05, 4.69) is 0 Å². The van der Waals surface area contributed by atoms with Gasteiger partial charge in [-0.15, -0.1) is 0 Å². The van der Waals surface area contributed by atoms with E-state index < -0.39 is 54.0 Å². The van der Waals surface area contributed by atoms with Gasteiger partial charge in [-0.05, 0) is 50.3 Å². The van der Waals surface area contributed by atoms with Crippen LogP contribution >= 0.6 is 0 Å². The van der Waals surface area contributed by atoms with Crippen LogP contribution in [0, 0.1) is 0 Å². The van der Waals surface area contributed by atoms with Gasteiger partial charge in [-0.1, -0.05) is 39.8 Å². The largest absolute Gasteiger partial charge is 0.456 e. The van der Waals surface area contributed by atoms with Gasteiger partial charge < -0.3 is 34.2 Å². The molecule has 43 heavy (non-hydrogen) atoms. The van der Waals surface area contributed by atoms with Crippen molar-refractivity contribution in [1.29, 1.82) is 0 Å². The van der Waals surface area contributed by atoms with Crippen molar-refractivity contribution in [3.8, 4) is 5.75 Å². The van der Waals surface area contributed by atoms with Crippen LogP contribution in [0.5, 0.6) is 5.75 Å². The van der Waals surface area contributed by atoms with Gasteiger partial charge in [0.15, 0.2) is 12.2 Å². The molecular formula is C31H45NO11. The van der Waals surface area contributed by atoms with E-state index in [1.54, 1.807) is 38.1 Å². The highest BCUT2D eigenvalue weighted by Crippen LogP contribution is 2.28. The summed E-state index contributed by atoms with van der Waals surface area (Å²) in [5, 5.41) is 0. The second-order valence-corrected chi connectivity index (χ2v) is 10.8. The zero-order chi connectivity index (χ0) is 32.0. The Hall–Kier alpha value is -3.51. The number of nitrogens with two attached hydrogens (primary N) is 1. The van der Waals surface area contributed by atoms with Crippen LogP contribution in [0.4, 0.5) is 0 Å². The molecular weight excluding hydrogens is 562 g/mol. The first-order chi connectivity index (χ1) is 20.4. The summed E-state index contributed by atoms with van der Waals surface area (Å²) >= 11 is 0. The SMILES string of the molecule is CCCC(=O)Oc1ccc(C[C@](C)(N)C(=O)O[C@@H]2OCC(OC(=O)CCC)[C@H](OC(=O)CCC)[C@H]2OC(=O)CCC)cc1. The minimum Gasteiger partial charge on any atom is -0.456 e. The number of benzene rings is 1. The van der Waals surface area contributed by atoms with Crippen molar-refractivity contribution >= 4 is 29.8 Å². The van der Waals surface area contributed by atoms with Crippen molar-refractivity contribution in [2.45, 2.75) is 123 Å². The first kappa shape index (κ1) is 35.7. The molecule has 12 nitrogen and oxygen atoms in total. The maximum Gasteiger partial charge on any atom is 0.328 e. The Kier molecular flexibility index (Phi) is 14.6. The molecule has 0 aliphatic carbocycles. The zero-order valence-electron chi connectivity index (χ0n) is 25.8. The molecule has 2 rings (SSSR count). The number of esters is 5. The molecule has 0 radical (unpaired) electrons. The van der Waals surface area contributed by atoms with Crippen LogP contribution in [-0.2, 0) is 54.1 Å². The van der Waals surface area contributed by atoms with Gasteiger partial charge in [0.2, 0.25) is 12.4 Å². The van der Waals surface area contributed by atoms with Gasteiger partial charge in [0, 0.05) is 32.1 Å². The number of rotatable bonds is 16. The zero-order valence-corrected chi connectivity index (χ0v) is 25.8. The summed E-state index contributed by atoms with van der Waals surface area (Å²) < 4.78 is 33.4. The highest BCUT2D eigenvalue weighted by molar-refractivity contribution is 5.81. The summed E-state index contributed by atoms with van der Waals surface area (Å²) in [5.41, 5.74) is 5.48. The monoisotopic (exact) mass is 607 g/mol. The van der Waals surface area contributed by atoms with Crippen molar-refractivity contribution in [3.63, 3.8) is 0 Å². The van der Waals surface area contributed by atoms with Crippen molar-refractivity contribution in [3.05, 3.63) is 29.8 Å². The fourth-order valence-corrected chi connectivity index (χ4v) is 4.27. The van der Waals surface area contributed by atoms with E-state index >= 15 is 0 Å². The van der Waals surface area contributed by atoms with Crippen LogP contribution in [0.3, 0.4) is 0 Å². The van der Waals surface area contributed by atoms with Crippen molar-refractivity contribution in [2.75, 3.05) is 6.61 Å².